The topological polar surface area (TPSA) is 55.7 Å². The van der Waals surface area contributed by atoms with Crippen LogP contribution in [0.5, 0.6) is 0 Å². The number of fused-ring (bicyclic) bond motifs is 1. The van der Waals surface area contributed by atoms with Gasteiger partial charge in [-0.1, -0.05) is 25.5 Å². The predicted octanol–water partition coefficient (Wildman–Crippen LogP) is 2.65. The number of hydrogen-bond donors (Lipinski definition) is 0. The van der Waals surface area contributed by atoms with Gasteiger partial charge in [-0.3, -0.25) is 0 Å². The minimum Gasteiger partial charge on any atom is -0.472 e. The minimum atomic E-state index is -3.59. The van der Waals surface area contributed by atoms with Crippen LogP contribution in [0.2, 0.25) is 0 Å². The van der Waals surface area contributed by atoms with E-state index in [1.165, 1.54) is 11.8 Å². The van der Waals surface area contributed by atoms with Crippen LogP contribution >= 0.6 is 11.8 Å². The maximum Gasteiger partial charge on any atom is 0.287 e. The standard InChI is InChI=1S/C11H13NO3S2/c1-2-3-8-15-11-12-17(13,14)10-7-5-4-6-9(10)16-11/h4-7H,2-3,8H2,1H3. The minimum absolute atomic E-state index is 0.220. The van der Waals surface area contributed by atoms with Gasteiger partial charge in [-0.15, -0.1) is 4.40 Å². The molecule has 6 heteroatoms. The number of hydrogen-bond acceptors (Lipinski definition) is 4. The molecule has 0 atom stereocenters. The molecule has 0 aromatic heterocycles. The fourth-order valence-electron chi connectivity index (χ4n) is 1.37. The first-order valence-corrected chi connectivity index (χ1v) is 7.64. The number of ether oxygens (including phenoxy) is 1. The molecule has 1 aliphatic heterocycles. The molecule has 0 bridgehead atoms. The fourth-order valence-corrected chi connectivity index (χ4v) is 3.82. The highest BCUT2D eigenvalue weighted by molar-refractivity contribution is 8.15. The Kier molecular flexibility index (Phi) is 3.73. The lowest BCUT2D eigenvalue weighted by molar-refractivity contribution is 0.306. The normalized spacial score (nSPS) is 17.1. The maximum atomic E-state index is 11.8. The molecule has 2 rings (SSSR count). The summed E-state index contributed by atoms with van der Waals surface area (Å²) in [5.41, 5.74) is 0. The summed E-state index contributed by atoms with van der Waals surface area (Å²) >= 11 is 1.26. The van der Waals surface area contributed by atoms with Crippen LogP contribution in [0.1, 0.15) is 19.8 Å². The zero-order valence-electron chi connectivity index (χ0n) is 9.42. The Morgan fingerprint density at radius 2 is 2.12 bits per heavy atom. The van der Waals surface area contributed by atoms with E-state index in [9.17, 15) is 8.42 Å². The van der Waals surface area contributed by atoms with Crippen molar-refractivity contribution in [2.24, 2.45) is 4.40 Å². The molecule has 0 radical (unpaired) electrons. The van der Waals surface area contributed by atoms with Crippen molar-refractivity contribution < 1.29 is 13.2 Å². The lowest BCUT2D eigenvalue weighted by atomic mass is 10.4. The van der Waals surface area contributed by atoms with Gasteiger partial charge in [0.25, 0.3) is 15.3 Å². The number of rotatable bonds is 3. The van der Waals surface area contributed by atoms with E-state index in [1.807, 2.05) is 6.92 Å². The van der Waals surface area contributed by atoms with Gasteiger partial charge in [0.2, 0.25) is 0 Å². The molecule has 0 aliphatic carbocycles. The summed E-state index contributed by atoms with van der Waals surface area (Å²) in [6.07, 6.45) is 1.89. The summed E-state index contributed by atoms with van der Waals surface area (Å²) in [5, 5.41) is 0.220. The average Bonchev–Trinajstić information content (AvgIpc) is 2.29. The van der Waals surface area contributed by atoms with Crippen LogP contribution in [-0.2, 0) is 14.8 Å². The lowest BCUT2D eigenvalue weighted by Gasteiger charge is -2.15. The first kappa shape index (κ1) is 12.4. The molecular formula is C11H13NO3S2. The summed E-state index contributed by atoms with van der Waals surface area (Å²) in [6, 6.07) is 6.81. The molecule has 0 amide bonds. The molecule has 1 aliphatic rings. The number of sulfonamides is 1. The summed E-state index contributed by atoms with van der Waals surface area (Å²) < 4.78 is 32.7. The van der Waals surface area contributed by atoms with Gasteiger partial charge in [0.05, 0.1) is 6.61 Å². The maximum absolute atomic E-state index is 11.8. The van der Waals surface area contributed by atoms with Gasteiger partial charge in [0.1, 0.15) is 4.90 Å². The lowest BCUT2D eigenvalue weighted by Crippen LogP contribution is -2.12. The second kappa shape index (κ2) is 5.10. The SMILES string of the molecule is CCCCOC1=NS(=O)(=O)c2ccccc2S1. The van der Waals surface area contributed by atoms with Crippen LogP contribution in [0.25, 0.3) is 0 Å². The highest BCUT2D eigenvalue weighted by Crippen LogP contribution is 2.34. The third-order valence-corrected chi connectivity index (χ3v) is 4.76. The fraction of sp³-hybridized carbons (Fsp3) is 0.364. The van der Waals surface area contributed by atoms with Crippen molar-refractivity contribution in [1.29, 1.82) is 0 Å². The molecule has 1 heterocycles. The van der Waals surface area contributed by atoms with E-state index in [2.05, 4.69) is 4.40 Å². The molecule has 1 aromatic rings. The van der Waals surface area contributed by atoms with Crippen molar-refractivity contribution in [3.05, 3.63) is 24.3 Å². The Morgan fingerprint density at radius 3 is 2.88 bits per heavy atom. The summed E-state index contributed by atoms with van der Waals surface area (Å²) in [5.74, 6) is 0. The zero-order valence-corrected chi connectivity index (χ0v) is 11.1. The van der Waals surface area contributed by atoms with Crippen LogP contribution in [0.15, 0.2) is 38.5 Å². The number of thioether (sulfide) groups is 1. The van der Waals surface area contributed by atoms with Crippen molar-refractivity contribution in [2.75, 3.05) is 6.61 Å². The van der Waals surface area contributed by atoms with Crippen molar-refractivity contribution >= 4 is 27.0 Å². The predicted molar refractivity (Wildman–Crippen MR) is 67.8 cm³/mol. The molecule has 0 N–H and O–H groups in total. The van der Waals surface area contributed by atoms with Crippen LogP contribution in [-0.4, -0.2) is 20.3 Å². The molecule has 92 valence electrons. The summed E-state index contributed by atoms with van der Waals surface area (Å²) in [4.78, 5) is 0.932. The zero-order chi connectivity index (χ0) is 12.3. The molecular weight excluding hydrogens is 258 g/mol. The average molecular weight is 271 g/mol. The van der Waals surface area contributed by atoms with E-state index in [1.54, 1.807) is 24.3 Å². The van der Waals surface area contributed by atoms with Crippen molar-refractivity contribution in [1.82, 2.24) is 0 Å². The highest BCUT2D eigenvalue weighted by Gasteiger charge is 2.26. The molecule has 0 fully saturated rings. The van der Waals surface area contributed by atoms with Crippen molar-refractivity contribution in [3.63, 3.8) is 0 Å². The largest absolute Gasteiger partial charge is 0.472 e. The Hall–Kier alpha value is -1.01. The van der Waals surface area contributed by atoms with Crippen molar-refractivity contribution in [2.45, 2.75) is 29.6 Å². The molecule has 17 heavy (non-hydrogen) atoms. The smallest absolute Gasteiger partial charge is 0.287 e. The van der Waals surface area contributed by atoms with Crippen LogP contribution in [0.3, 0.4) is 0 Å². The second-order valence-corrected chi connectivity index (χ2v) is 6.15. The first-order valence-electron chi connectivity index (χ1n) is 5.38. The van der Waals surface area contributed by atoms with Crippen molar-refractivity contribution in [3.8, 4) is 0 Å². The van der Waals surface area contributed by atoms with Gasteiger partial charge < -0.3 is 4.74 Å². The molecule has 0 saturated carbocycles. The quantitative estimate of drug-likeness (QED) is 0.793. The van der Waals surface area contributed by atoms with Gasteiger partial charge >= 0.3 is 0 Å². The molecule has 0 spiro atoms. The Balaban J connectivity index is 2.23. The molecule has 1 aromatic carbocycles. The second-order valence-electron chi connectivity index (χ2n) is 3.58. The summed E-state index contributed by atoms with van der Waals surface area (Å²) in [7, 11) is -3.59. The van der Waals surface area contributed by atoms with Crippen LogP contribution < -0.4 is 0 Å². The van der Waals surface area contributed by atoms with E-state index < -0.39 is 10.0 Å². The van der Waals surface area contributed by atoms with E-state index >= 15 is 0 Å². The number of unbranched alkanes of at least 4 members (excludes halogenated alkanes) is 1. The molecule has 0 saturated heterocycles. The Bertz CT molecular complexity index is 537. The Labute approximate surface area is 105 Å². The van der Waals surface area contributed by atoms with Gasteiger partial charge in [-0.05, 0) is 30.3 Å². The number of benzene rings is 1. The van der Waals surface area contributed by atoms with Gasteiger partial charge in [-0.2, -0.15) is 8.42 Å². The van der Waals surface area contributed by atoms with Crippen LogP contribution in [0.4, 0.5) is 0 Å². The molecule has 4 nitrogen and oxygen atoms in total. The van der Waals surface area contributed by atoms with E-state index in [0.29, 0.717) is 11.5 Å². The Morgan fingerprint density at radius 1 is 1.35 bits per heavy atom. The third kappa shape index (κ3) is 2.81. The van der Waals surface area contributed by atoms with E-state index in [4.69, 9.17) is 4.74 Å². The van der Waals surface area contributed by atoms with Crippen LogP contribution in [0, 0.1) is 0 Å². The molecule has 0 unspecified atom stereocenters. The van der Waals surface area contributed by atoms with Gasteiger partial charge in [0.15, 0.2) is 0 Å². The first-order chi connectivity index (χ1) is 8.13. The monoisotopic (exact) mass is 271 g/mol. The van der Waals surface area contributed by atoms with E-state index in [-0.39, 0.29) is 10.1 Å². The van der Waals surface area contributed by atoms with E-state index in [0.717, 1.165) is 12.8 Å². The third-order valence-electron chi connectivity index (χ3n) is 2.24. The highest BCUT2D eigenvalue weighted by atomic mass is 32.2. The summed E-state index contributed by atoms with van der Waals surface area (Å²) in [6.45, 7) is 2.55. The van der Waals surface area contributed by atoms with Gasteiger partial charge in [0, 0.05) is 4.90 Å². The number of nitrogens with zero attached hydrogens (tertiary/aromatic N) is 1. The van der Waals surface area contributed by atoms with Gasteiger partial charge in [-0.25, -0.2) is 0 Å².